The minimum absolute atomic E-state index is 0.0981. The lowest BCUT2D eigenvalue weighted by molar-refractivity contribution is 0.00578. The molecule has 3 heterocycles. The van der Waals surface area contributed by atoms with E-state index in [2.05, 4.69) is 4.98 Å². The van der Waals surface area contributed by atoms with Crippen molar-refractivity contribution >= 4 is 33.6 Å². The summed E-state index contributed by atoms with van der Waals surface area (Å²) in [6, 6.07) is 12.8. The molecule has 0 N–H and O–H groups in total. The molecule has 0 bridgehead atoms. The van der Waals surface area contributed by atoms with Gasteiger partial charge in [0.15, 0.2) is 5.65 Å². The van der Waals surface area contributed by atoms with Gasteiger partial charge in [-0.2, -0.15) is 0 Å². The van der Waals surface area contributed by atoms with Gasteiger partial charge in [0.05, 0.1) is 17.0 Å². The third-order valence-electron chi connectivity index (χ3n) is 5.78. The smallest absolute Gasteiger partial charge is 0.399 e. The van der Waals surface area contributed by atoms with Gasteiger partial charge in [-0.1, -0.05) is 30.3 Å². The molecule has 1 saturated heterocycles. The van der Waals surface area contributed by atoms with Gasteiger partial charge in [0, 0.05) is 17.3 Å². The largest absolute Gasteiger partial charge is 0.495 e. The van der Waals surface area contributed by atoms with Gasteiger partial charge >= 0.3 is 7.12 Å². The van der Waals surface area contributed by atoms with Crippen molar-refractivity contribution in [1.29, 1.82) is 0 Å². The zero-order valence-corrected chi connectivity index (χ0v) is 18.2. The third kappa shape index (κ3) is 3.49. The van der Waals surface area contributed by atoms with Crippen molar-refractivity contribution in [3.8, 4) is 0 Å². The standard InChI is InChI=1S/C21H25BN2O4S/c1-15-13-18(22-27-20(2,3)21(4,5)28-22)17-11-12-24(19(17)23-15)29(25,26)14-16-9-7-6-8-10-16/h6-13H,14H2,1-5H3. The fraction of sp³-hybridized carbons (Fsp3) is 0.381. The van der Waals surface area contributed by atoms with Gasteiger partial charge in [0.1, 0.15) is 0 Å². The summed E-state index contributed by atoms with van der Waals surface area (Å²) in [4.78, 5) is 4.52. The molecule has 3 aromatic rings. The second-order valence-electron chi connectivity index (χ2n) is 8.53. The molecule has 0 spiro atoms. The average Bonchev–Trinajstić information content (AvgIpc) is 3.13. The van der Waals surface area contributed by atoms with Gasteiger partial charge in [0.25, 0.3) is 0 Å². The van der Waals surface area contributed by atoms with Crippen molar-refractivity contribution in [2.24, 2.45) is 0 Å². The van der Waals surface area contributed by atoms with Crippen LogP contribution in [0.1, 0.15) is 39.0 Å². The molecule has 1 aromatic carbocycles. The number of hydrogen-bond donors (Lipinski definition) is 0. The van der Waals surface area contributed by atoms with Crippen LogP contribution in [0.15, 0.2) is 48.7 Å². The highest BCUT2D eigenvalue weighted by Gasteiger charge is 2.52. The van der Waals surface area contributed by atoms with E-state index in [0.717, 1.165) is 11.0 Å². The van der Waals surface area contributed by atoms with Crippen LogP contribution in [-0.2, 0) is 25.1 Å². The number of hydrogen-bond acceptors (Lipinski definition) is 5. The molecular formula is C21H25BN2O4S. The van der Waals surface area contributed by atoms with E-state index in [9.17, 15) is 8.42 Å². The molecule has 0 radical (unpaired) electrons. The van der Waals surface area contributed by atoms with Crippen LogP contribution in [0.4, 0.5) is 0 Å². The first kappa shape index (κ1) is 20.1. The van der Waals surface area contributed by atoms with Crippen molar-refractivity contribution in [2.75, 3.05) is 0 Å². The average molecular weight is 412 g/mol. The van der Waals surface area contributed by atoms with Crippen LogP contribution in [0.2, 0.25) is 0 Å². The van der Waals surface area contributed by atoms with Crippen LogP contribution in [0.3, 0.4) is 0 Å². The quantitative estimate of drug-likeness (QED) is 0.617. The Morgan fingerprint density at radius 2 is 1.66 bits per heavy atom. The molecule has 2 aromatic heterocycles. The highest BCUT2D eigenvalue weighted by atomic mass is 32.2. The predicted molar refractivity (Wildman–Crippen MR) is 115 cm³/mol. The van der Waals surface area contributed by atoms with Crippen molar-refractivity contribution in [2.45, 2.75) is 51.6 Å². The summed E-state index contributed by atoms with van der Waals surface area (Å²) in [7, 11) is -4.21. The number of aryl methyl sites for hydroxylation is 1. The van der Waals surface area contributed by atoms with Gasteiger partial charge < -0.3 is 9.31 Å². The number of nitrogens with zero attached hydrogens (tertiary/aromatic N) is 2. The molecular weight excluding hydrogens is 387 g/mol. The second-order valence-corrected chi connectivity index (χ2v) is 10.4. The van der Waals surface area contributed by atoms with E-state index in [4.69, 9.17) is 9.31 Å². The van der Waals surface area contributed by atoms with Crippen molar-refractivity contribution < 1.29 is 17.7 Å². The van der Waals surface area contributed by atoms with Gasteiger partial charge in [-0.15, -0.1) is 0 Å². The minimum atomic E-state index is -3.63. The Balaban J connectivity index is 1.79. The Morgan fingerprint density at radius 1 is 1.03 bits per heavy atom. The van der Waals surface area contributed by atoms with Gasteiger partial charge in [-0.3, -0.25) is 0 Å². The second kappa shape index (κ2) is 6.69. The zero-order valence-electron chi connectivity index (χ0n) is 17.3. The maximum Gasteiger partial charge on any atom is 0.495 e. The Morgan fingerprint density at radius 3 is 2.28 bits per heavy atom. The molecule has 0 amide bonds. The maximum absolute atomic E-state index is 13.1. The van der Waals surface area contributed by atoms with E-state index >= 15 is 0 Å². The number of pyridine rings is 1. The monoisotopic (exact) mass is 412 g/mol. The first-order chi connectivity index (χ1) is 13.5. The number of benzene rings is 1. The number of rotatable bonds is 4. The molecule has 6 nitrogen and oxygen atoms in total. The lowest BCUT2D eigenvalue weighted by Crippen LogP contribution is -2.41. The lowest BCUT2D eigenvalue weighted by Gasteiger charge is -2.32. The van der Waals surface area contributed by atoms with Gasteiger partial charge in [0.2, 0.25) is 10.0 Å². The van der Waals surface area contributed by atoms with Crippen molar-refractivity contribution in [1.82, 2.24) is 8.96 Å². The zero-order chi connectivity index (χ0) is 21.0. The highest BCUT2D eigenvalue weighted by Crippen LogP contribution is 2.37. The molecule has 8 heteroatoms. The van der Waals surface area contributed by atoms with E-state index < -0.39 is 28.3 Å². The van der Waals surface area contributed by atoms with Crippen LogP contribution in [0, 0.1) is 6.92 Å². The first-order valence-corrected chi connectivity index (χ1v) is 11.2. The molecule has 29 heavy (non-hydrogen) atoms. The molecule has 4 rings (SSSR count). The molecule has 0 saturated carbocycles. The third-order valence-corrected chi connectivity index (χ3v) is 7.37. The summed E-state index contributed by atoms with van der Waals surface area (Å²) < 4.78 is 39.8. The Labute approximate surface area is 172 Å². The van der Waals surface area contributed by atoms with Crippen LogP contribution in [0.25, 0.3) is 11.0 Å². The molecule has 1 aliphatic heterocycles. The Hall–Kier alpha value is -2.16. The topological polar surface area (TPSA) is 70.4 Å². The summed E-state index contributed by atoms with van der Waals surface area (Å²) in [5.74, 6) is -0.0981. The molecule has 152 valence electrons. The number of aromatic nitrogens is 2. The highest BCUT2D eigenvalue weighted by molar-refractivity contribution is 7.89. The Bertz CT molecular complexity index is 1150. The van der Waals surface area contributed by atoms with Crippen molar-refractivity contribution in [3.63, 3.8) is 0 Å². The molecule has 0 atom stereocenters. The fourth-order valence-electron chi connectivity index (χ4n) is 3.49. The SMILES string of the molecule is Cc1cc(B2OC(C)(C)C(C)(C)O2)c2ccn(S(=O)(=O)Cc3ccccc3)c2n1. The fourth-order valence-corrected chi connectivity index (χ4v) is 4.89. The van der Waals surface area contributed by atoms with Gasteiger partial charge in [-0.05, 0) is 57.8 Å². The summed E-state index contributed by atoms with van der Waals surface area (Å²) in [6.07, 6.45) is 1.56. The normalized spacial score (nSPS) is 18.4. The summed E-state index contributed by atoms with van der Waals surface area (Å²) in [5, 5.41) is 0.714. The first-order valence-electron chi connectivity index (χ1n) is 9.62. The predicted octanol–water partition coefficient (Wildman–Crippen LogP) is 3.02. The van der Waals surface area contributed by atoms with Crippen LogP contribution in [-0.4, -0.2) is 35.7 Å². The lowest BCUT2D eigenvalue weighted by atomic mass is 9.77. The summed E-state index contributed by atoms with van der Waals surface area (Å²) in [5.41, 5.74) is 1.65. The molecule has 0 aliphatic carbocycles. The summed E-state index contributed by atoms with van der Waals surface area (Å²) >= 11 is 0. The minimum Gasteiger partial charge on any atom is -0.399 e. The molecule has 1 fully saturated rings. The maximum atomic E-state index is 13.1. The van der Waals surface area contributed by atoms with Crippen LogP contribution < -0.4 is 5.46 Å². The van der Waals surface area contributed by atoms with E-state index in [1.807, 2.05) is 58.9 Å². The molecule has 1 aliphatic rings. The van der Waals surface area contributed by atoms with E-state index in [0.29, 0.717) is 16.7 Å². The number of fused-ring (bicyclic) bond motifs is 1. The van der Waals surface area contributed by atoms with Crippen LogP contribution >= 0.6 is 0 Å². The molecule has 0 unspecified atom stereocenters. The van der Waals surface area contributed by atoms with Crippen LogP contribution in [0.5, 0.6) is 0 Å². The summed E-state index contributed by atoms with van der Waals surface area (Å²) in [6.45, 7) is 9.82. The Kier molecular flexibility index (Phi) is 4.64. The van der Waals surface area contributed by atoms with Gasteiger partial charge in [-0.25, -0.2) is 17.4 Å². The van der Waals surface area contributed by atoms with E-state index in [-0.39, 0.29) is 5.75 Å². The van der Waals surface area contributed by atoms with E-state index in [1.54, 1.807) is 24.4 Å². The van der Waals surface area contributed by atoms with Crippen molar-refractivity contribution in [3.05, 3.63) is 59.9 Å². The van der Waals surface area contributed by atoms with E-state index in [1.165, 1.54) is 3.97 Å².